The second-order valence-electron chi connectivity index (χ2n) is 8.05. The second kappa shape index (κ2) is 9.46. The van der Waals surface area contributed by atoms with Crippen molar-refractivity contribution >= 4 is 40.5 Å². The molecule has 0 aromatic heterocycles. The Kier molecular flexibility index (Phi) is 5.91. The average Bonchev–Trinajstić information content (AvgIpc) is 2.89. The van der Waals surface area contributed by atoms with Gasteiger partial charge in [-0.05, 0) is 82.5 Å². The summed E-state index contributed by atoms with van der Waals surface area (Å²) in [6.07, 6.45) is 9.24. The molecule has 0 bridgehead atoms. The highest BCUT2D eigenvalue weighted by atomic mass is 16.1. The summed E-state index contributed by atoms with van der Waals surface area (Å²) in [5, 5.41) is 9.63. The molecule has 1 aliphatic heterocycles. The van der Waals surface area contributed by atoms with Crippen LogP contribution < -0.4 is 16.0 Å². The first-order valence-corrected chi connectivity index (χ1v) is 11.1. The molecule has 0 radical (unpaired) electrons. The quantitative estimate of drug-likeness (QED) is 0.414. The lowest BCUT2D eigenvalue weighted by atomic mass is 9.84. The van der Waals surface area contributed by atoms with Crippen molar-refractivity contribution < 1.29 is 4.79 Å². The number of carbonyl (C=O) groups excluding carboxylic acids is 1. The number of hydrogen-bond donors (Lipinski definition) is 3. The molecule has 3 aromatic carbocycles. The molecule has 1 heterocycles. The minimum Gasteiger partial charge on any atom is -0.365 e. The maximum Gasteiger partial charge on any atom is 0.247 e. The van der Waals surface area contributed by atoms with Gasteiger partial charge in [0.05, 0.1) is 12.4 Å². The smallest absolute Gasteiger partial charge is 0.247 e. The van der Waals surface area contributed by atoms with Crippen LogP contribution in [-0.2, 0) is 4.79 Å². The summed E-state index contributed by atoms with van der Waals surface area (Å²) in [7, 11) is 0. The number of anilines is 3. The summed E-state index contributed by atoms with van der Waals surface area (Å²) < 4.78 is 0. The van der Waals surface area contributed by atoms with Crippen molar-refractivity contribution in [3.05, 3.63) is 127 Å². The Morgan fingerprint density at radius 3 is 2.44 bits per heavy atom. The summed E-state index contributed by atoms with van der Waals surface area (Å²) in [5.74, 6) is -0.233. The van der Waals surface area contributed by atoms with Crippen molar-refractivity contribution in [2.24, 2.45) is 4.99 Å². The number of para-hydroxylation sites is 1. The van der Waals surface area contributed by atoms with Gasteiger partial charge in [-0.1, -0.05) is 49.0 Å². The van der Waals surface area contributed by atoms with Gasteiger partial charge in [0.1, 0.15) is 0 Å². The lowest BCUT2D eigenvalue weighted by Crippen LogP contribution is -2.34. The third-order valence-corrected chi connectivity index (χ3v) is 5.75. The Morgan fingerprint density at radius 1 is 0.882 bits per heavy atom. The third kappa shape index (κ3) is 4.59. The first kappa shape index (κ1) is 21.2. The van der Waals surface area contributed by atoms with E-state index < -0.39 is 0 Å². The molecule has 34 heavy (non-hydrogen) atoms. The van der Waals surface area contributed by atoms with Crippen LogP contribution in [0.1, 0.15) is 11.1 Å². The topological polar surface area (TPSA) is 65.5 Å². The van der Waals surface area contributed by atoms with Gasteiger partial charge in [0.2, 0.25) is 5.91 Å². The number of carbonyl (C=O) groups is 1. The first-order chi connectivity index (χ1) is 16.7. The Labute approximate surface area is 198 Å². The van der Waals surface area contributed by atoms with Crippen molar-refractivity contribution in [2.75, 3.05) is 10.6 Å². The molecule has 0 spiro atoms. The van der Waals surface area contributed by atoms with E-state index >= 15 is 0 Å². The zero-order chi connectivity index (χ0) is 23.3. The molecule has 166 valence electrons. The van der Waals surface area contributed by atoms with Gasteiger partial charge < -0.3 is 16.0 Å². The average molecular weight is 445 g/mol. The zero-order valence-electron chi connectivity index (χ0n) is 18.5. The van der Waals surface area contributed by atoms with Crippen molar-refractivity contribution in [2.45, 2.75) is 6.04 Å². The van der Waals surface area contributed by atoms with Crippen LogP contribution in [0, 0.1) is 0 Å². The second-order valence-corrected chi connectivity index (χ2v) is 8.05. The number of aliphatic imine (C=N–C) groups is 1. The van der Waals surface area contributed by atoms with Crippen molar-refractivity contribution in [3.63, 3.8) is 0 Å². The van der Waals surface area contributed by atoms with Gasteiger partial charge in [-0.3, -0.25) is 4.79 Å². The van der Waals surface area contributed by atoms with E-state index in [0.29, 0.717) is 0 Å². The van der Waals surface area contributed by atoms with E-state index in [1.54, 1.807) is 6.34 Å². The number of nitrogens with zero attached hydrogens (tertiary/aromatic N) is 1. The number of hydrogen-bond acceptors (Lipinski definition) is 4. The zero-order valence-corrected chi connectivity index (χ0v) is 18.5. The summed E-state index contributed by atoms with van der Waals surface area (Å²) in [6.45, 7) is 3.53. The highest BCUT2D eigenvalue weighted by Gasteiger charge is 2.25. The highest BCUT2D eigenvalue weighted by molar-refractivity contribution is 5.99. The Morgan fingerprint density at radius 2 is 1.65 bits per heavy atom. The van der Waals surface area contributed by atoms with Crippen LogP contribution in [0.25, 0.3) is 11.1 Å². The van der Waals surface area contributed by atoms with Crippen LogP contribution >= 0.6 is 0 Å². The van der Waals surface area contributed by atoms with E-state index in [1.807, 2.05) is 54.7 Å². The SMILES string of the molecule is C=CC(=O)Nc1cccc(C2=CC(c3ccc(Nc4ccccc4)cc3)=CC3=CN=CNC32)c1. The number of rotatable bonds is 6. The molecular weight excluding hydrogens is 420 g/mol. The number of fused-ring (bicyclic) bond motifs is 1. The van der Waals surface area contributed by atoms with Crippen LogP contribution in [-0.4, -0.2) is 18.3 Å². The van der Waals surface area contributed by atoms with E-state index in [2.05, 4.69) is 70.0 Å². The normalized spacial score (nSPS) is 16.2. The molecule has 0 saturated heterocycles. The summed E-state index contributed by atoms with van der Waals surface area (Å²) in [6, 6.07) is 26.4. The van der Waals surface area contributed by atoms with Gasteiger partial charge in [0, 0.05) is 23.3 Å². The maximum absolute atomic E-state index is 11.8. The lowest BCUT2D eigenvalue weighted by molar-refractivity contribution is -0.111. The Hall–Kier alpha value is -4.64. The largest absolute Gasteiger partial charge is 0.365 e. The summed E-state index contributed by atoms with van der Waals surface area (Å²) >= 11 is 0. The van der Waals surface area contributed by atoms with Gasteiger partial charge in [-0.25, -0.2) is 4.99 Å². The van der Waals surface area contributed by atoms with Gasteiger partial charge in [0.25, 0.3) is 0 Å². The fourth-order valence-electron chi connectivity index (χ4n) is 4.09. The van der Waals surface area contributed by atoms with Crippen LogP contribution in [0.3, 0.4) is 0 Å². The molecule has 5 heteroatoms. The highest BCUT2D eigenvalue weighted by Crippen LogP contribution is 2.36. The van der Waals surface area contributed by atoms with E-state index in [-0.39, 0.29) is 11.9 Å². The Bertz CT molecular complexity index is 1350. The molecule has 1 aliphatic carbocycles. The Balaban J connectivity index is 1.47. The maximum atomic E-state index is 11.8. The molecule has 5 nitrogen and oxygen atoms in total. The summed E-state index contributed by atoms with van der Waals surface area (Å²) in [4.78, 5) is 16.1. The van der Waals surface area contributed by atoms with E-state index in [9.17, 15) is 4.79 Å². The number of nitrogens with one attached hydrogen (secondary N) is 3. The third-order valence-electron chi connectivity index (χ3n) is 5.75. The molecule has 1 unspecified atom stereocenters. The predicted molar refractivity (Wildman–Crippen MR) is 141 cm³/mol. The minimum atomic E-state index is -0.233. The van der Waals surface area contributed by atoms with Gasteiger partial charge >= 0.3 is 0 Å². The molecule has 1 atom stereocenters. The molecule has 5 rings (SSSR count). The molecular formula is C29H24N4O. The molecule has 3 aromatic rings. The van der Waals surface area contributed by atoms with E-state index in [4.69, 9.17) is 0 Å². The van der Waals surface area contributed by atoms with E-state index in [1.165, 1.54) is 6.08 Å². The van der Waals surface area contributed by atoms with Crippen LogP contribution in [0.4, 0.5) is 17.1 Å². The fourth-order valence-corrected chi connectivity index (χ4v) is 4.09. The predicted octanol–water partition coefficient (Wildman–Crippen LogP) is 5.92. The van der Waals surface area contributed by atoms with Gasteiger partial charge in [-0.2, -0.15) is 0 Å². The number of amides is 1. The van der Waals surface area contributed by atoms with Crippen LogP contribution in [0.2, 0.25) is 0 Å². The van der Waals surface area contributed by atoms with Crippen molar-refractivity contribution in [1.29, 1.82) is 0 Å². The van der Waals surface area contributed by atoms with Crippen LogP contribution in [0.5, 0.6) is 0 Å². The molecule has 2 aliphatic rings. The standard InChI is InChI=1S/C29H24N4O/c1-2-28(34)33-26-10-6-7-21(16-26)27-17-22(15-23-18-30-19-31-29(23)27)20-11-13-25(14-12-20)32-24-8-4-3-5-9-24/h2-19,29,32H,1H2,(H,30,31)(H,33,34). The lowest BCUT2D eigenvalue weighted by Gasteiger charge is -2.29. The first-order valence-electron chi connectivity index (χ1n) is 11.1. The van der Waals surface area contributed by atoms with E-state index in [0.717, 1.165) is 44.9 Å². The summed E-state index contributed by atoms with van der Waals surface area (Å²) in [5.41, 5.74) is 8.24. The van der Waals surface area contributed by atoms with Crippen molar-refractivity contribution in [3.8, 4) is 0 Å². The molecule has 0 saturated carbocycles. The molecule has 3 N–H and O–H groups in total. The van der Waals surface area contributed by atoms with Gasteiger partial charge in [-0.15, -0.1) is 0 Å². The minimum absolute atomic E-state index is 0.00868. The molecule has 0 fully saturated rings. The number of allylic oxidation sites excluding steroid dienone is 2. The monoisotopic (exact) mass is 444 g/mol. The van der Waals surface area contributed by atoms with Crippen molar-refractivity contribution in [1.82, 2.24) is 5.32 Å². The van der Waals surface area contributed by atoms with Crippen LogP contribution in [0.15, 0.2) is 120 Å². The fraction of sp³-hybridized carbons (Fsp3) is 0.0345. The van der Waals surface area contributed by atoms with Gasteiger partial charge in [0.15, 0.2) is 0 Å². The number of benzene rings is 3. The molecule has 1 amide bonds.